The highest BCUT2D eigenvalue weighted by atomic mass is 31.2. The van der Waals surface area contributed by atoms with Crippen molar-refractivity contribution in [1.82, 2.24) is 0 Å². The van der Waals surface area contributed by atoms with E-state index in [4.69, 9.17) is 24.3 Å². The first-order chi connectivity index (χ1) is 32.4. The summed E-state index contributed by atoms with van der Waals surface area (Å²) in [5.41, 5.74) is 5.40. The Kier molecular flexibility index (Phi) is 54.1. The van der Waals surface area contributed by atoms with Crippen LogP contribution in [0.5, 0.6) is 0 Å². The molecule has 0 rings (SSSR count). The molecule has 3 N–H and O–H groups in total. The Labute approximate surface area is 410 Å². The summed E-state index contributed by atoms with van der Waals surface area (Å²) >= 11 is 0. The first-order valence-electron chi connectivity index (χ1n) is 28.8. The minimum absolute atomic E-state index is 0.0930. The molecular weight excluding hydrogens is 842 g/mol. The van der Waals surface area contributed by atoms with E-state index in [2.05, 4.69) is 38.2 Å². The van der Waals surface area contributed by atoms with E-state index in [0.717, 1.165) is 38.5 Å². The van der Waals surface area contributed by atoms with E-state index in [0.29, 0.717) is 13.0 Å². The number of rotatable bonds is 56. The van der Waals surface area contributed by atoms with Crippen molar-refractivity contribution in [3.63, 3.8) is 0 Å². The molecule has 8 nitrogen and oxygen atoms in total. The van der Waals surface area contributed by atoms with Gasteiger partial charge in [-0.1, -0.05) is 269 Å². The predicted molar refractivity (Wildman–Crippen MR) is 284 cm³/mol. The molecule has 0 aromatic rings. The maximum absolute atomic E-state index is 12.7. The fraction of sp³-hybridized carbons (Fsp3) is 0.912. The van der Waals surface area contributed by atoms with E-state index < -0.39 is 13.9 Å². The Bertz CT molecular complexity index is 1070. The Hall–Kier alpha value is -1.02. The maximum atomic E-state index is 12.7. The van der Waals surface area contributed by atoms with E-state index >= 15 is 0 Å². The Balaban J connectivity index is 3.85. The third-order valence-electron chi connectivity index (χ3n) is 12.9. The van der Waals surface area contributed by atoms with Gasteiger partial charge in [-0.15, -0.1) is 0 Å². The van der Waals surface area contributed by atoms with Gasteiger partial charge in [0.2, 0.25) is 0 Å². The van der Waals surface area contributed by atoms with E-state index in [-0.39, 0.29) is 32.3 Å². The third kappa shape index (κ3) is 53.9. The van der Waals surface area contributed by atoms with Gasteiger partial charge in [0, 0.05) is 19.6 Å². The first kappa shape index (κ1) is 65.0. The van der Waals surface area contributed by atoms with Crippen LogP contribution in [0.3, 0.4) is 0 Å². The fourth-order valence-electron chi connectivity index (χ4n) is 8.62. The molecular formula is C57H112NO7P. The van der Waals surface area contributed by atoms with Crippen LogP contribution in [-0.2, 0) is 27.9 Å². The largest absolute Gasteiger partial charge is 0.472 e. The smallest absolute Gasteiger partial charge is 0.457 e. The summed E-state index contributed by atoms with van der Waals surface area (Å²) < 4.78 is 33.7. The van der Waals surface area contributed by atoms with Crippen LogP contribution in [0.4, 0.5) is 0 Å². The van der Waals surface area contributed by atoms with Gasteiger partial charge in [-0.2, -0.15) is 0 Å². The second-order valence-electron chi connectivity index (χ2n) is 19.5. The van der Waals surface area contributed by atoms with Crippen molar-refractivity contribution in [1.29, 1.82) is 0 Å². The van der Waals surface area contributed by atoms with Crippen molar-refractivity contribution in [2.75, 3.05) is 33.0 Å². The van der Waals surface area contributed by atoms with Gasteiger partial charge in [-0.05, 0) is 44.9 Å². The average Bonchev–Trinajstić information content (AvgIpc) is 3.31. The van der Waals surface area contributed by atoms with Gasteiger partial charge >= 0.3 is 13.8 Å². The molecule has 0 aliphatic heterocycles. The zero-order valence-corrected chi connectivity index (χ0v) is 44.9. The fourth-order valence-corrected chi connectivity index (χ4v) is 9.39. The zero-order chi connectivity index (χ0) is 48.0. The summed E-state index contributed by atoms with van der Waals surface area (Å²) in [4.78, 5) is 22.7. The van der Waals surface area contributed by atoms with Crippen LogP contribution in [0.25, 0.3) is 0 Å². The normalized spacial score (nSPS) is 13.3. The molecule has 0 aliphatic carbocycles. The molecule has 0 aliphatic rings. The molecule has 0 aromatic heterocycles. The average molecular weight is 954 g/mol. The molecule has 0 heterocycles. The van der Waals surface area contributed by atoms with Gasteiger partial charge < -0.3 is 20.1 Å². The van der Waals surface area contributed by atoms with Crippen molar-refractivity contribution in [2.24, 2.45) is 5.73 Å². The summed E-state index contributed by atoms with van der Waals surface area (Å²) in [6.45, 7) is 4.99. The van der Waals surface area contributed by atoms with Crippen LogP contribution in [0.15, 0.2) is 24.3 Å². The van der Waals surface area contributed by atoms with E-state index in [1.165, 1.54) is 238 Å². The highest BCUT2D eigenvalue weighted by Crippen LogP contribution is 2.43. The maximum Gasteiger partial charge on any atom is 0.472 e. The lowest BCUT2D eigenvalue weighted by atomic mass is 10.0. The van der Waals surface area contributed by atoms with Gasteiger partial charge in [0.25, 0.3) is 0 Å². The minimum atomic E-state index is -4.28. The van der Waals surface area contributed by atoms with E-state index in [1.54, 1.807) is 0 Å². The van der Waals surface area contributed by atoms with Crippen molar-refractivity contribution < 1.29 is 32.8 Å². The zero-order valence-electron chi connectivity index (χ0n) is 44.0. The molecule has 9 heteroatoms. The second-order valence-corrected chi connectivity index (χ2v) is 21.0. The summed E-state index contributed by atoms with van der Waals surface area (Å²) in [6, 6.07) is 0. The number of allylic oxidation sites excluding steroid dienone is 4. The van der Waals surface area contributed by atoms with Crippen LogP contribution in [0.1, 0.15) is 296 Å². The van der Waals surface area contributed by atoms with E-state index in [9.17, 15) is 14.3 Å². The van der Waals surface area contributed by atoms with E-state index in [1.807, 2.05) is 0 Å². The highest BCUT2D eigenvalue weighted by Gasteiger charge is 2.25. The molecule has 66 heavy (non-hydrogen) atoms. The van der Waals surface area contributed by atoms with Crippen molar-refractivity contribution >= 4 is 13.8 Å². The molecule has 0 bridgehead atoms. The van der Waals surface area contributed by atoms with Crippen molar-refractivity contribution in [3.8, 4) is 0 Å². The number of phosphoric acid groups is 1. The van der Waals surface area contributed by atoms with Crippen LogP contribution in [-0.4, -0.2) is 49.9 Å². The molecule has 2 unspecified atom stereocenters. The lowest BCUT2D eigenvalue weighted by Gasteiger charge is -2.20. The number of carbonyl (C=O) groups is 1. The van der Waals surface area contributed by atoms with Gasteiger partial charge in [-0.25, -0.2) is 4.57 Å². The molecule has 0 amide bonds. The molecule has 392 valence electrons. The van der Waals surface area contributed by atoms with Crippen LogP contribution in [0, 0.1) is 0 Å². The summed E-state index contributed by atoms with van der Waals surface area (Å²) in [7, 11) is -4.28. The number of ether oxygens (including phenoxy) is 2. The number of unbranched alkanes of at least 4 members (excludes halogenated alkanes) is 39. The summed E-state index contributed by atoms with van der Waals surface area (Å²) in [5, 5.41) is 0. The predicted octanol–water partition coefficient (Wildman–Crippen LogP) is 18.3. The van der Waals surface area contributed by atoms with Gasteiger partial charge in [0.15, 0.2) is 0 Å². The van der Waals surface area contributed by atoms with Crippen molar-refractivity contribution in [3.05, 3.63) is 24.3 Å². The minimum Gasteiger partial charge on any atom is -0.457 e. The molecule has 0 saturated carbocycles. The van der Waals surface area contributed by atoms with Gasteiger partial charge in [-0.3, -0.25) is 13.8 Å². The molecule has 0 fully saturated rings. The third-order valence-corrected chi connectivity index (χ3v) is 13.9. The first-order valence-corrected chi connectivity index (χ1v) is 30.3. The van der Waals surface area contributed by atoms with Gasteiger partial charge in [0.05, 0.1) is 19.8 Å². The number of hydrogen-bond donors (Lipinski definition) is 2. The van der Waals surface area contributed by atoms with Gasteiger partial charge in [0.1, 0.15) is 6.10 Å². The molecule has 0 radical (unpaired) electrons. The van der Waals surface area contributed by atoms with Crippen molar-refractivity contribution in [2.45, 2.75) is 302 Å². The molecule has 2 atom stereocenters. The number of carbonyl (C=O) groups excluding carboxylic acids is 1. The molecule has 0 spiro atoms. The molecule has 0 saturated heterocycles. The van der Waals surface area contributed by atoms with Crippen LogP contribution in [0.2, 0.25) is 0 Å². The number of phosphoric ester groups is 1. The molecule has 0 aromatic carbocycles. The summed E-state index contributed by atoms with van der Waals surface area (Å²) in [6.07, 6.45) is 65.2. The lowest BCUT2D eigenvalue weighted by molar-refractivity contribution is -0.154. The second kappa shape index (κ2) is 54.9. The lowest BCUT2D eigenvalue weighted by Crippen LogP contribution is -2.28. The Morgan fingerprint density at radius 1 is 0.455 bits per heavy atom. The van der Waals surface area contributed by atoms with Crippen LogP contribution < -0.4 is 5.73 Å². The Morgan fingerprint density at radius 2 is 0.803 bits per heavy atom. The summed E-state index contributed by atoms with van der Waals surface area (Å²) in [5.74, 6) is -0.325. The van der Waals surface area contributed by atoms with Crippen LogP contribution >= 0.6 is 7.82 Å². The highest BCUT2D eigenvalue weighted by molar-refractivity contribution is 7.47. The SMILES string of the molecule is CCCCCCC/C=C\C/C=C\CCCCCCCCCCCCCC(=O)OC(COCCCCCCCCCCCCCCCCCCCCCCCCCC)COP(=O)(O)OCCN. The topological polar surface area (TPSA) is 117 Å². The number of nitrogens with two attached hydrogens (primary N) is 1. The number of hydrogen-bond acceptors (Lipinski definition) is 7. The Morgan fingerprint density at radius 3 is 1.18 bits per heavy atom. The monoisotopic (exact) mass is 954 g/mol. The quantitative estimate of drug-likeness (QED) is 0.0268. The number of esters is 1. The standard InChI is InChI=1S/C57H112NO7P/c1-3-5-7-9-11-13-15-17-19-21-23-25-27-29-31-33-35-37-39-41-43-45-47-49-52-62-54-56(55-64-66(60,61)63-53-51-58)65-57(59)50-48-46-44-42-40-38-36-34-32-30-28-26-24-22-20-18-16-14-12-10-8-6-4-2/h16,18,22,24,56H,3-15,17,19-21,23,25-55,58H2,1-2H3,(H,60,61)/b18-16-,24-22-.